The first-order valence-corrected chi connectivity index (χ1v) is 8.10. The first-order valence-electron chi connectivity index (χ1n) is 8.10. The Labute approximate surface area is 155 Å². The minimum Gasteiger partial charge on any atom is -0.366 e. The van der Waals surface area contributed by atoms with Gasteiger partial charge in [-0.2, -0.15) is 0 Å². The Morgan fingerprint density at radius 2 is 1.43 bits per heavy atom. The van der Waals surface area contributed by atoms with Crippen LogP contribution in [0.1, 0.15) is 10.4 Å². The molecule has 3 N–H and O–H groups in total. The molecular weight excluding hydrogens is 374 g/mol. The molecule has 0 unspecified atom stereocenters. The van der Waals surface area contributed by atoms with Gasteiger partial charge in [0.1, 0.15) is 11.3 Å². The van der Waals surface area contributed by atoms with Crippen LogP contribution in [-0.4, -0.2) is 15.9 Å². The lowest BCUT2D eigenvalue weighted by atomic mass is 10.0. The molecule has 0 aliphatic heterocycles. The van der Waals surface area contributed by atoms with Crippen LogP contribution in [0.4, 0.5) is 17.6 Å². The average Bonchev–Trinajstić information content (AvgIpc) is 3.11. The predicted molar refractivity (Wildman–Crippen MR) is 95.3 cm³/mol. The third kappa shape index (κ3) is 2.61. The van der Waals surface area contributed by atoms with E-state index in [1.54, 1.807) is 6.07 Å². The molecular formula is C20H11F4N3O. The van der Waals surface area contributed by atoms with Gasteiger partial charge in [-0.25, -0.2) is 22.5 Å². The number of primary amides is 1. The number of halogens is 4. The van der Waals surface area contributed by atoms with Crippen LogP contribution in [0.2, 0.25) is 0 Å². The number of nitrogens with two attached hydrogens (primary N) is 1. The van der Waals surface area contributed by atoms with Crippen molar-refractivity contribution in [2.24, 2.45) is 5.73 Å². The summed E-state index contributed by atoms with van der Waals surface area (Å²) in [7, 11) is 0. The minimum absolute atomic E-state index is 0.00247. The van der Waals surface area contributed by atoms with Gasteiger partial charge in [0, 0.05) is 0 Å². The van der Waals surface area contributed by atoms with Crippen molar-refractivity contribution in [3.8, 4) is 22.5 Å². The molecule has 28 heavy (non-hydrogen) atoms. The second-order valence-corrected chi connectivity index (χ2v) is 6.02. The first kappa shape index (κ1) is 17.7. The van der Waals surface area contributed by atoms with Crippen molar-refractivity contribution in [3.05, 3.63) is 77.4 Å². The maximum Gasteiger partial charge on any atom is 0.250 e. The molecule has 0 saturated heterocycles. The van der Waals surface area contributed by atoms with E-state index in [2.05, 4.69) is 9.97 Å². The number of aromatic amines is 1. The van der Waals surface area contributed by atoms with Crippen molar-refractivity contribution in [2.45, 2.75) is 0 Å². The standard InChI is InChI=1S/C20H11F4N3O/c21-14-12(9-5-2-1-3-6-9)15(22)17(24)13(16(14)23)20-26-11-8-4-7-10(19(25)28)18(11)27-20/h1-8H,(H2,25,28)(H,26,27). The summed E-state index contributed by atoms with van der Waals surface area (Å²) in [5.74, 6) is -7.56. The van der Waals surface area contributed by atoms with E-state index in [0.717, 1.165) is 0 Å². The van der Waals surface area contributed by atoms with Gasteiger partial charge in [-0.1, -0.05) is 36.4 Å². The summed E-state index contributed by atoms with van der Waals surface area (Å²) in [6, 6.07) is 11.6. The number of nitrogens with one attached hydrogen (secondary N) is 1. The van der Waals surface area contributed by atoms with Crippen LogP contribution >= 0.6 is 0 Å². The molecule has 0 saturated carbocycles. The van der Waals surface area contributed by atoms with Crippen molar-refractivity contribution < 1.29 is 22.4 Å². The number of hydrogen-bond donors (Lipinski definition) is 2. The van der Waals surface area contributed by atoms with Crippen LogP contribution in [0.25, 0.3) is 33.5 Å². The molecule has 8 heteroatoms. The zero-order valence-electron chi connectivity index (χ0n) is 14.1. The van der Waals surface area contributed by atoms with Crippen molar-refractivity contribution in [3.63, 3.8) is 0 Å². The molecule has 4 nitrogen and oxygen atoms in total. The highest BCUT2D eigenvalue weighted by molar-refractivity contribution is 6.04. The highest BCUT2D eigenvalue weighted by atomic mass is 19.2. The van der Waals surface area contributed by atoms with Gasteiger partial charge in [0.15, 0.2) is 23.3 Å². The third-order valence-corrected chi connectivity index (χ3v) is 4.34. The molecule has 0 aliphatic rings. The normalized spacial score (nSPS) is 11.1. The van der Waals surface area contributed by atoms with E-state index in [4.69, 9.17) is 5.73 Å². The molecule has 0 atom stereocenters. The predicted octanol–water partition coefficient (Wildman–Crippen LogP) is 4.55. The smallest absolute Gasteiger partial charge is 0.250 e. The van der Waals surface area contributed by atoms with Gasteiger partial charge < -0.3 is 10.7 Å². The van der Waals surface area contributed by atoms with Crippen LogP contribution in [0, 0.1) is 23.3 Å². The highest BCUT2D eigenvalue weighted by Crippen LogP contribution is 2.36. The average molecular weight is 385 g/mol. The Kier molecular flexibility index (Phi) is 4.11. The SMILES string of the molecule is NC(=O)c1cccc2[nH]c(-c3c(F)c(F)c(-c4ccccc4)c(F)c3F)nc12. The Hall–Kier alpha value is -3.68. The summed E-state index contributed by atoms with van der Waals surface area (Å²) in [6.07, 6.45) is 0. The van der Waals surface area contributed by atoms with Crippen LogP contribution in [0.15, 0.2) is 48.5 Å². The number of carbonyl (C=O) groups excluding carboxylic acids is 1. The Morgan fingerprint density at radius 1 is 0.821 bits per heavy atom. The van der Waals surface area contributed by atoms with Crippen LogP contribution in [0.5, 0.6) is 0 Å². The Morgan fingerprint density at radius 3 is 2.04 bits per heavy atom. The lowest BCUT2D eigenvalue weighted by Gasteiger charge is -2.11. The number of fused-ring (bicyclic) bond motifs is 1. The quantitative estimate of drug-likeness (QED) is 0.401. The number of imidazole rings is 1. The van der Waals surface area contributed by atoms with Crippen molar-refractivity contribution >= 4 is 16.9 Å². The van der Waals surface area contributed by atoms with E-state index in [1.165, 1.54) is 42.5 Å². The Balaban J connectivity index is 1.99. The molecule has 140 valence electrons. The number of rotatable bonds is 3. The zero-order valence-corrected chi connectivity index (χ0v) is 14.1. The minimum atomic E-state index is -1.60. The van der Waals surface area contributed by atoms with Crippen LogP contribution in [-0.2, 0) is 0 Å². The topological polar surface area (TPSA) is 71.8 Å². The number of benzene rings is 3. The molecule has 0 aliphatic carbocycles. The fourth-order valence-electron chi connectivity index (χ4n) is 3.05. The van der Waals surface area contributed by atoms with Crippen molar-refractivity contribution in [2.75, 3.05) is 0 Å². The van der Waals surface area contributed by atoms with E-state index in [1.807, 2.05) is 0 Å². The molecule has 1 heterocycles. The molecule has 4 aromatic rings. The van der Waals surface area contributed by atoms with Crippen LogP contribution < -0.4 is 5.73 Å². The van der Waals surface area contributed by atoms with Gasteiger partial charge in [-0.15, -0.1) is 0 Å². The molecule has 1 amide bonds. The lowest BCUT2D eigenvalue weighted by Crippen LogP contribution is -2.11. The van der Waals surface area contributed by atoms with Gasteiger partial charge in [-0.05, 0) is 17.7 Å². The molecule has 0 radical (unpaired) electrons. The summed E-state index contributed by atoms with van der Waals surface area (Å²) >= 11 is 0. The number of para-hydroxylation sites is 1. The second kappa shape index (κ2) is 6.49. The molecule has 4 rings (SSSR count). The summed E-state index contributed by atoms with van der Waals surface area (Å²) in [5.41, 5.74) is 3.71. The van der Waals surface area contributed by atoms with Gasteiger partial charge in [0.2, 0.25) is 0 Å². The number of hydrogen-bond acceptors (Lipinski definition) is 2. The lowest BCUT2D eigenvalue weighted by molar-refractivity contribution is 0.100. The van der Waals surface area contributed by atoms with Gasteiger partial charge in [0.05, 0.1) is 22.2 Å². The summed E-state index contributed by atoms with van der Waals surface area (Å²) in [5, 5.41) is 0. The fraction of sp³-hybridized carbons (Fsp3) is 0. The van der Waals surface area contributed by atoms with E-state index < -0.39 is 46.1 Å². The molecule has 3 aromatic carbocycles. The molecule has 0 fully saturated rings. The number of carbonyl (C=O) groups is 1. The Bertz CT molecular complexity index is 1210. The van der Waals surface area contributed by atoms with E-state index in [9.17, 15) is 22.4 Å². The zero-order chi connectivity index (χ0) is 20.0. The molecule has 0 spiro atoms. The first-order chi connectivity index (χ1) is 13.4. The summed E-state index contributed by atoms with van der Waals surface area (Å²) < 4.78 is 58.7. The van der Waals surface area contributed by atoms with Crippen molar-refractivity contribution in [1.29, 1.82) is 0 Å². The molecule has 1 aromatic heterocycles. The number of H-pyrrole nitrogens is 1. The van der Waals surface area contributed by atoms with E-state index >= 15 is 0 Å². The van der Waals surface area contributed by atoms with Crippen molar-refractivity contribution in [1.82, 2.24) is 9.97 Å². The van der Waals surface area contributed by atoms with Gasteiger partial charge >= 0.3 is 0 Å². The highest BCUT2D eigenvalue weighted by Gasteiger charge is 2.29. The third-order valence-electron chi connectivity index (χ3n) is 4.34. The molecule has 0 bridgehead atoms. The second-order valence-electron chi connectivity index (χ2n) is 6.02. The number of amides is 1. The number of aromatic nitrogens is 2. The fourth-order valence-corrected chi connectivity index (χ4v) is 3.05. The van der Waals surface area contributed by atoms with Gasteiger partial charge in [-0.3, -0.25) is 4.79 Å². The maximum atomic E-state index is 14.7. The summed E-state index contributed by atoms with van der Waals surface area (Å²) in [4.78, 5) is 18.0. The van der Waals surface area contributed by atoms with Crippen LogP contribution in [0.3, 0.4) is 0 Å². The summed E-state index contributed by atoms with van der Waals surface area (Å²) in [6.45, 7) is 0. The van der Waals surface area contributed by atoms with E-state index in [0.29, 0.717) is 0 Å². The van der Waals surface area contributed by atoms with Gasteiger partial charge in [0.25, 0.3) is 5.91 Å². The largest absolute Gasteiger partial charge is 0.366 e. The number of nitrogens with zero attached hydrogens (tertiary/aromatic N) is 1. The van der Waals surface area contributed by atoms with E-state index in [-0.39, 0.29) is 22.2 Å². The monoisotopic (exact) mass is 385 g/mol. The maximum absolute atomic E-state index is 14.7.